The molecule has 0 aliphatic carbocycles. The maximum absolute atomic E-state index is 4.21. The zero-order chi connectivity index (χ0) is 21.4. The minimum atomic E-state index is 0.655. The van der Waals surface area contributed by atoms with E-state index in [0.717, 1.165) is 35.1 Å². The molecule has 0 spiro atoms. The van der Waals surface area contributed by atoms with Crippen molar-refractivity contribution in [1.82, 2.24) is 40.8 Å². The van der Waals surface area contributed by atoms with Crippen LogP contribution >= 0.6 is 31.9 Å². The van der Waals surface area contributed by atoms with Crippen molar-refractivity contribution in [3.63, 3.8) is 0 Å². The molecule has 0 amide bonds. The number of fused-ring (bicyclic) bond motifs is 2. The van der Waals surface area contributed by atoms with Crippen molar-refractivity contribution < 1.29 is 0 Å². The first-order valence-corrected chi connectivity index (χ1v) is 11.2. The molecule has 12 heteroatoms. The summed E-state index contributed by atoms with van der Waals surface area (Å²) in [5.41, 5.74) is 5.29. The van der Waals surface area contributed by atoms with Gasteiger partial charge >= 0.3 is 0 Å². The van der Waals surface area contributed by atoms with Crippen LogP contribution in [0.1, 0.15) is 22.3 Å². The van der Waals surface area contributed by atoms with Gasteiger partial charge < -0.3 is 9.80 Å². The summed E-state index contributed by atoms with van der Waals surface area (Å²) in [6.45, 7) is 3.39. The van der Waals surface area contributed by atoms with Crippen LogP contribution in [0.3, 0.4) is 0 Å². The van der Waals surface area contributed by atoms with Crippen molar-refractivity contribution in [2.75, 3.05) is 9.80 Å². The number of nitrogens with zero attached hydrogens (tertiary/aromatic N) is 9. The molecule has 0 radical (unpaired) electrons. The summed E-state index contributed by atoms with van der Waals surface area (Å²) in [4.78, 5) is 5.68. The van der Waals surface area contributed by atoms with Gasteiger partial charge in [0.05, 0.1) is 7.05 Å². The summed E-state index contributed by atoms with van der Waals surface area (Å²) in [5.74, 6) is 1.34. The monoisotopic (exact) mass is 544 g/mol. The van der Waals surface area contributed by atoms with Crippen LogP contribution in [-0.4, -0.2) is 40.8 Å². The third-order valence-electron chi connectivity index (χ3n) is 5.18. The van der Waals surface area contributed by atoms with E-state index in [2.05, 4.69) is 114 Å². The Morgan fingerprint density at radius 1 is 0.774 bits per heavy atom. The number of nitrogens with one attached hydrogen (secondary N) is 1. The SMILES string of the molecule is Brc1ccc2c(c1)CN(c1nn[nH]n1)C2.Cn1nnc(N2Cc3ccc(Br)cc3C2)n1. The highest BCUT2D eigenvalue weighted by molar-refractivity contribution is 9.10. The second-order valence-electron chi connectivity index (χ2n) is 7.33. The van der Waals surface area contributed by atoms with Gasteiger partial charge in [0.1, 0.15) is 0 Å². The lowest BCUT2D eigenvalue weighted by atomic mass is 10.1. The molecular weight excluding hydrogens is 528 g/mol. The minimum absolute atomic E-state index is 0.655. The molecule has 0 unspecified atom stereocenters. The van der Waals surface area contributed by atoms with Gasteiger partial charge in [0.15, 0.2) is 0 Å². The Bertz CT molecular complexity index is 1210. The van der Waals surface area contributed by atoms with Crippen LogP contribution in [0.4, 0.5) is 11.9 Å². The molecule has 2 aromatic heterocycles. The van der Waals surface area contributed by atoms with E-state index < -0.39 is 0 Å². The summed E-state index contributed by atoms with van der Waals surface area (Å²) in [6.07, 6.45) is 0. The van der Waals surface area contributed by atoms with Crippen molar-refractivity contribution in [2.24, 2.45) is 7.05 Å². The van der Waals surface area contributed by atoms with Crippen LogP contribution in [-0.2, 0) is 33.2 Å². The number of aryl methyl sites for hydroxylation is 1. The quantitative estimate of drug-likeness (QED) is 0.410. The van der Waals surface area contributed by atoms with Gasteiger partial charge in [-0.25, -0.2) is 0 Å². The zero-order valence-electron chi connectivity index (χ0n) is 16.6. The number of hydrogen-bond donors (Lipinski definition) is 1. The fourth-order valence-electron chi connectivity index (χ4n) is 3.70. The van der Waals surface area contributed by atoms with Crippen molar-refractivity contribution >= 4 is 43.8 Å². The Balaban J connectivity index is 0.000000132. The predicted molar refractivity (Wildman–Crippen MR) is 121 cm³/mol. The van der Waals surface area contributed by atoms with E-state index in [1.54, 1.807) is 7.05 Å². The van der Waals surface area contributed by atoms with Crippen molar-refractivity contribution in [3.05, 3.63) is 67.6 Å². The highest BCUT2D eigenvalue weighted by Crippen LogP contribution is 2.28. The molecule has 0 saturated carbocycles. The average molecular weight is 546 g/mol. The first-order chi connectivity index (χ1) is 15.0. The van der Waals surface area contributed by atoms with E-state index in [1.165, 1.54) is 27.1 Å². The lowest BCUT2D eigenvalue weighted by molar-refractivity contribution is 0.629. The largest absolute Gasteiger partial charge is 0.330 e. The number of hydrogen-bond acceptors (Lipinski definition) is 8. The van der Waals surface area contributed by atoms with Crippen molar-refractivity contribution in [1.29, 1.82) is 0 Å². The van der Waals surface area contributed by atoms with Crippen LogP contribution < -0.4 is 9.80 Å². The maximum atomic E-state index is 4.21. The van der Waals surface area contributed by atoms with Gasteiger partial charge in [0, 0.05) is 35.1 Å². The number of H-pyrrole nitrogens is 1. The number of aromatic nitrogens is 8. The van der Waals surface area contributed by atoms with E-state index in [-0.39, 0.29) is 0 Å². The molecule has 6 rings (SSSR count). The van der Waals surface area contributed by atoms with Crippen LogP contribution in [0.2, 0.25) is 0 Å². The van der Waals surface area contributed by atoms with Gasteiger partial charge in [-0.15, -0.1) is 10.2 Å². The van der Waals surface area contributed by atoms with Gasteiger partial charge in [-0.2, -0.15) is 10.0 Å². The molecule has 158 valence electrons. The molecule has 10 nitrogen and oxygen atoms in total. The number of rotatable bonds is 2. The van der Waals surface area contributed by atoms with Gasteiger partial charge in [-0.05, 0) is 56.9 Å². The third kappa shape index (κ3) is 4.30. The Kier molecular flexibility index (Phi) is 5.40. The van der Waals surface area contributed by atoms with E-state index in [9.17, 15) is 0 Å². The third-order valence-corrected chi connectivity index (χ3v) is 6.17. The molecule has 0 atom stereocenters. The Labute approximate surface area is 194 Å². The molecule has 2 aliphatic rings. The second kappa shape index (κ2) is 8.35. The standard InChI is InChI=1S/C10H10BrN5.C9H8BrN5/c1-15-13-10(12-14-15)16-5-7-2-3-9(11)4-8(7)6-16;10-8-2-1-6-4-15(5-7(6)3-8)9-11-13-14-12-9/h2-4H,5-6H2,1H3;1-3H,4-5H2,(H,11,12,13,14). The molecule has 1 N–H and O–H groups in total. The van der Waals surface area contributed by atoms with Crippen LogP contribution in [0.25, 0.3) is 0 Å². The first kappa shape index (κ1) is 20.1. The van der Waals surface area contributed by atoms with Crippen LogP contribution in [0.5, 0.6) is 0 Å². The van der Waals surface area contributed by atoms with E-state index in [4.69, 9.17) is 0 Å². The predicted octanol–water partition coefficient (Wildman–Crippen LogP) is 2.98. The van der Waals surface area contributed by atoms with Gasteiger partial charge in [-0.1, -0.05) is 54.2 Å². The normalized spacial score (nSPS) is 14.3. The lowest BCUT2D eigenvalue weighted by Gasteiger charge is -2.10. The van der Waals surface area contributed by atoms with E-state index in [1.807, 2.05) is 0 Å². The van der Waals surface area contributed by atoms with Crippen LogP contribution in [0.15, 0.2) is 45.3 Å². The zero-order valence-corrected chi connectivity index (χ0v) is 19.7. The number of tetrazole rings is 2. The van der Waals surface area contributed by atoms with Gasteiger partial charge in [0.25, 0.3) is 11.9 Å². The summed E-state index contributed by atoms with van der Waals surface area (Å²) in [6, 6.07) is 12.7. The molecule has 0 saturated heterocycles. The second-order valence-corrected chi connectivity index (χ2v) is 9.16. The fraction of sp³-hybridized carbons (Fsp3) is 0.263. The number of halogens is 2. The molecular formula is C19H18Br2N10. The molecule has 4 aromatic rings. The van der Waals surface area contributed by atoms with E-state index >= 15 is 0 Å². The number of benzene rings is 2. The fourth-order valence-corrected chi connectivity index (χ4v) is 4.52. The first-order valence-electron chi connectivity index (χ1n) is 9.57. The highest BCUT2D eigenvalue weighted by Gasteiger charge is 2.23. The molecule has 0 bridgehead atoms. The Morgan fingerprint density at radius 2 is 1.35 bits per heavy atom. The Hall–Kier alpha value is -2.86. The van der Waals surface area contributed by atoms with Crippen molar-refractivity contribution in [3.8, 4) is 0 Å². The Morgan fingerprint density at radius 3 is 1.87 bits per heavy atom. The topological polar surface area (TPSA) is 105 Å². The summed E-state index contributed by atoms with van der Waals surface area (Å²) in [7, 11) is 1.77. The number of aromatic amines is 1. The average Bonchev–Trinajstić information content (AvgIpc) is 3.53. The maximum Gasteiger partial charge on any atom is 0.266 e. The molecule has 31 heavy (non-hydrogen) atoms. The molecule has 4 heterocycles. The van der Waals surface area contributed by atoms with E-state index in [0.29, 0.717) is 11.9 Å². The lowest BCUT2D eigenvalue weighted by Crippen LogP contribution is -2.16. The van der Waals surface area contributed by atoms with Crippen molar-refractivity contribution in [2.45, 2.75) is 26.2 Å². The van der Waals surface area contributed by atoms with Crippen LogP contribution in [0, 0.1) is 0 Å². The van der Waals surface area contributed by atoms with Gasteiger partial charge in [0.2, 0.25) is 0 Å². The molecule has 0 fully saturated rings. The number of anilines is 2. The minimum Gasteiger partial charge on any atom is -0.330 e. The molecule has 2 aliphatic heterocycles. The summed E-state index contributed by atoms with van der Waals surface area (Å²) in [5, 5.41) is 26.0. The summed E-state index contributed by atoms with van der Waals surface area (Å²) >= 11 is 6.94. The summed E-state index contributed by atoms with van der Waals surface area (Å²) < 4.78 is 2.22. The smallest absolute Gasteiger partial charge is 0.266 e. The molecule has 2 aromatic carbocycles. The van der Waals surface area contributed by atoms with Gasteiger partial charge in [-0.3, -0.25) is 0 Å². The highest BCUT2D eigenvalue weighted by atomic mass is 79.9.